The van der Waals surface area contributed by atoms with Gasteiger partial charge in [0.2, 0.25) is 0 Å². The number of carbonyl (C=O) groups excluding carboxylic acids is 1. The van der Waals surface area contributed by atoms with Crippen LogP contribution in [0.25, 0.3) is 0 Å². The lowest BCUT2D eigenvalue weighted by molar-refractivity contribution is -0.0258. The van der Waals surface area contributed by atoms with E-state index in [9.17, 15) is 17.6 Å². The third kappa shape index (κ3) is 4.83. The van der Waals surface area contributed by atoms with Crippen LogP contribution in [-0.4, -0.2) is 46.0 Å². The topological polar surface area (TPSA) is 112 Å². The average molecular weight is 406 g/mol. The molecule has 0 heterocycles. The molecular weight excluding hydrogens is 387 g/mol. The molecule has 0 bridgehead atoms. The normalized spacial score (nSPS) is 11.1. The number of hydrogen-bond donors (Lipinski definition) is 2. The Kier molecular flexibility index (Phi) is 7.06. The van der Waals surface area contributed by atoms with Gasteiger partial charge in [0.1, 0.15) is 17.4 Å². The summed E-state index contributed by atoms with van der Waals surface area (Å²) >= 11 is 0. The second-order valence-corrected chi connectivity index (χ2v) is 7.51. The van der Waals surface area contributed by atoms with E-state index < -0.39 is 21.7 Å². The highest BCUT2D eigenvalue weighted by Gasteiger charge is 2.20. The molecule has 0 saturated carbocycles. The second-order valence-electron chi connectivity index (χ2n) is 5.58. The molecule has 0 atom stereocenters. The number of sulfonamides is 1. The van der Waals surface area contributed by atoms with Crippen molar-refractivity contribution >= 4 is 21.6 Å². The van der Waals surface area contributed by atoms with Crippen LogP contribution in [0.5, 0.6) is 0 Å². The monoisotopic (exact) mass is 406 g/mol. The highest BCUT2D eigenvalue weighted by molar-refractivity contribution is 7.89. The average Bonchev–Trinajstić information content (AvgIpc) is 2.70. The van der Waals surface area contributed by atoms with Crippen LogP contribution in [-0.2, 0) is 14.9 Å². The van der Waals surface area contributed by atoms with E-state index in [1.165, 1.54) is 50.6 Å². The van der Waals surface area contributed by atoms with E-state index >= 15 is 0 Å². The summed E-state index contributed by atoms with van der Waals surface area (Å²) in [4.78, 5) is 16.8. The molecule has 0 aliphatic heterocycles. The number of anilines is 1. The number of benzene rings is 2. The Labute approximate surface area is 162 Å². The third-order valence-corrected chi connectivity index (χ3v) is 5.56. The van der Waals surface area contributed by atoms with Crippen LogP contribution in [0.15, 0.2) is 47.4 Å². The van der Waals surface area contributed by atoms with Gasteiger partial charge in [0, 0.05) is 25.7 Å². The quantitative estimate of drug-likeness (QED) is 0.510. The van der Waals surface area contributed by atoms with Gasteiger partial charge in [0.05, 0.1) is 17.7 Å². The Morgan fingerprint density at radius 1 is 1.21 bits per heavy atom. The molecule has 0 saturated heterocycles. The first-order valence-corrected chi connectivity index (χ1v) is 9.59. The van der Waals surface area contributed by atoms with Crippen molar-refractivity contribution in [2.24, 2.45) is 0 Å². The highest BCUT2D eigenvalue weighted by Crippen LogP contribution is 2.17. The Hall–Kier alpha value is -3.00. The van der Waals surface area contributed by atoms with E-state index in [1.54, 1.807) is 12.1 Å². The first-order valence-electron chi connectivity index (χ1n) is 8.15. The zero-order valence-electron chi connectivity index (χ0n) is 15.3. The van der Waals surface area contributed by atoms with Crippen molar-refractivity contribution in [1.29, 1.82) is 5.26 Å². The van der Waals surface area contributed by atoms with Gasteiger partial charge in [0.15, 0.2) is 0 Å². The number of carbonyl (C=O) groups is 1. The molecule has 10 heteroatoms. The molecule has 2 N–H and O–H groups in total. The molecule has 2 rings (SSSR count). The molecule has 2 aromatic rings. The van der Waals surface area contributed by atoms with Gasteiger partial charge in [-0.3, -0.25) is 9.63 Å². The molecule has 2 aromatic carbocycles. The lowest BCUT2D eigenvalue weighted by atomic mass is 10.2. The van der Waals surface area contributed by atoms with Crippen molar-refractivity contribution in [2.75, 3.05) is 32.6 Å². The van der Waals surface area contributed by atoms with E-state index in [0.29, 0.717) is 5.69 Å². The predicted octanol–water partition coefficient (Wildman–Crippen LogP) is 1.72. The van der Waals surface area contributed by atoms with Crippen molar-refractivity contribution < 1.29 is 22.4 Å². The van der Waals surface area contributed by atoms with E-state index in [2.05, 4.69) is 15.5 Å². The van der Waals surface area contributed by atoms with Crippen molar-refractivity contribution in [2.45, 2.75) is 4.90 Å². The van der Waals surface area contributed by atoms with Crippen LogP contribution in [0.2, 0.25) is 0 Å². The molecule has 0 fully saturated rings. The molecule has 0 aliphatic rings. The predicted molar refractivity (Wildman–Crippen MR) is 100 cm³/mol. The summed E-state index contributed by atoms with van der Waals surface area (Å²) in [6.07, 6.45) is 0. The number of nitrogens with zero attached hydrogens (tertiary/aromatic N) is 2. The summed E-state index contributed by atoms with van der Waals surface area (Å²) in [5, 5.41) is 14.5. The molecule has 8 nitrogen and oxygen atoms in total. The summed E-state index contributed by atoms with van der Waals surface area (Å²) in [6, 6.07) is 11.4. The number of nitrogens with one attached hydrogen (secondary N) is 2. The summed E-state index contributed by atoms with van der Waals surface area (Å²) in [7, 11) is -1.28. The number of rotatable bonds is 8. The minimum absolute atomic E-state index is 0.00907. The lowest BCUT2D eigenvalue weighted by Crippen LogP contribution is -2.29. The smallest absolute Gasteiger partial charge is 0.264 e. The van der Waals surface area contributed by atoms with E-state index in [4.69, 9.17) is 5.26 Å². The lowest BCUT2D eigenvalue weighted by Gasteiger charge is -2.14. The van der Waals surface area contributed by atoms with Crippen LogP contribution in [0.3, 0.4) is 0 Å². The van der Waals surface area contributed by atoms with Gasteiger partial charge < -0.3 is 10.6 Å². The fourth-order valence-corrected chi connectivity index (χ4v) is 3.26. The number of nitriles is 1. The van der Waals surface area contributed by atoms with Gasteiger partial charge in [0.25, 0.3) is 15.9 Å². The van der Waals surface area contributed by atoms with E-state index in [1.807, 2.05) is 0 Å². The van der Waals surface area contributed by atoms with Gasteiger partial charge >= 0.3 is 0 Å². The van der Waals surface area contributed by atoms with Crippen molar-refractivity contribution in [3.05, 3.63) is 59.4 Å². The van der Waals surface area contributed by atoms with Gasteiger partial charge in [-0.25, -0.2) is 12.8 Å². The standard InChI is InChI=1S/C18H19FN4O4S/c1-23(27-2)28(25,26)14-8-6-13(7-9-14)18(24)22-11-10-21-17-5-3-4-16(19)15(17)12-20/h3-9,21H,10-11H2,1-2H3,(H,22,24). The summed E-state index contributed by atoms with van der Waals surface area (Å²) in [5.41, 5.74) is 0.530. The summed E-state index contributed by atoms with van der Waals surface area (Å²) in [6.45, 7) is 0.488. The van der Waals surface area contributed by atoms with Crippen LogP contribution < -0.4 is 10.6 Å². The maximum atomic E-state index is 13.5. The minimum Gasteiger partial charge on any atom is -0.382 e. The zero-order valence-corrected chi connectivity index (χ0v) is 16.1. The molecule has 0 spiro atoms. The Morgan fingerprint density at radius 3 is 2.50 bits per heavy atom. The Balaban J connectivity index is 1.92. The van der Waals surface area contributed by atoms with Crippen LogP contribution in [0, 0.1) is 17.1 Å². The molecule has 0 aromatic heterocycles. The van der Waals surface area contributed by atoms with Crippen molar-refractivity contribution in [1.82, 2.24) is 9.79 Å². The zero-order chi connectivity index (χ0) is 20.7. The minimum atomic E-state index is -3.78. The molecule has 28 heavy (non-hydrogen) atoms. The number of hydrogen-bond acceptors (Lipinski definition) is 6. The molecule has 0 aliphatic carbocycles. The first kappa shape index (κ1) is 21.3. The summed E-state index contributed by atoms with van der Waals surface area (Å²) in [5.74, 6) is -1.02. The molecule has 1 amide bonds. The van der Waals surface area contributed by atoms with Gasteiger partial charge in [-0.2, -0.15) is 5.26 Å². The summed E-state index contributed by atoms with van der Waals surface area (Å²) < 4.78 is 38.4. The fourth-order valence-electron chi connectivity index (χ4n) is 2.29. The molecule has 0 unspecified atom stereocenters. The fraction of sp³-hybridized carbons (Fsp3) is 0.222. The van der Waals surface area contributed by atoms with Crippen molar-refractivity contribution in [3.63, 3.8) is 0 Å². The first-order chi connectivity index (χ1) is 13.3. The largest absolute Gasteiger partial charge is 0.382 e. The maximum absolute atomic E-state index is 13.5. The Bertz CT molecular complexity index is 988. The van der Waals surface area contributed by atoms with E-state index in [-0.39, 0.29) is 29.1 Å². The third-order valence-electron chi connectivity index (χ3n) is 3.86. The van der Waals surface area contributed by atoms with E-state index in [0.717, 1.165) is 4.47 Å². The Morgan fingerprint density at radius 2 is 1.89 bits per heavy atom. The second kappa shape index (κ2) is 9.27. The number of hydroxylamine groups is 1. The van der Waals surface area contributed by atoms with Gasteiger partial charge in [-0.1, -0.05) is 10.5 Å². The highest BCUT2D eigenvalue weighted by atomic mass is 32.2. The maximum Gasteiger partial charge on any atom is 0.264 e. The molecule has 0 radical (unpaired) electrons. The van der Waals surface area contributed by atoms with Crippen LogP contribution in [0.1, 0.15) is 15.9 Å². The number of halogens is 1. The number of amides is 1. The molecular formula is C18H19FN4O4S. The van der Waals surface area contributed by atoms with Crippen LogP contribution >= 0.6 is 0 Å². The molecule has 148 valence electrons. The van der Waals surface area contributed by atoms with Gasteiger partial charge in [-0.15, -0.1) is 0 Å². The SMILES string of the molecule is CON(C)S(=O)(=O)c1ccc(C(=O)NCCNc2cccc(F)c2C#N)cc1. The van der Waals surface area contributed by atoms with Crippen molar-refractivity contribution in [3.8, 4) is 6.07 Å². The van der Waals surface area contributed by atoms with Crippen LogP contribution in [0.4, 0.5) is 10.1 Å². The van der Waals surface area contributed by atoms with Gasteiger partial charge in [-0.05, 0) is 36.4 Å².